The molecule has 1 saturated heterocycles. The number of rotatable bonds is 5. The molecular weight excluding hydrogens is 310 g/mol. The van der Waals surface area contributed by atoms with Gasteiger partial charge in [0.05, 0.1) is 25.9 Å². The highest BCUT2D eigenvalue weighted by Gasteiger charge is 2.24. The Morgan fingerprint density at radius 2 is 2.04 bits per heavy atom. The first-order valence-corrected chi connectivity index (χ1v) is 8.03. The second kappa shape index (κ2) is 9.08. The van der Waals surface area contributed by atoms with Crippen molar-refractivity contribution in [3.05, 3.63) is 47.5 Å². The molecule has 1 aromatic rings. The van der Waals surface area contributed by atoms with Crippen molar-refractivity contribution in [2.24, 2.45) is 0 Å². The van der Waals surface area contributed by atoms with Gasteiger partial charge < -0.3 is 19.1 Å². The molecule has 1 aliphatic heterocycles. The minimum absolute atomic E-state index is 0.236. The average Bonchev–Trinajstić information content (AvgIpc) is 2.61. The number of ether oxygens (including phenoxy) is 3. The fourth-order valence-electron chi connectivity index (χ4n) is 2.34. The van der Waals surface area contributed by atoms with Crippen molar-refractivity contribution >= 4 is 12.1 Å². The van der Waals surface area contributed by atoms with Crippen LogP contribution in [0, 0.1) is 0 Å². The van der Waals surface area contributed by atoms with Crippen LogP contribution in [0.2, 0.25) is 0 Å². The molecule has 0 unspecified atom stereocenters. The van der Waals surface area contributed by atoms with Gasteiger partial charge in [-0.05, 0) is 25.5 Å². The topological polar surface area (TPSA) is 65.1 Å². The van der Waals surface area contributed by atoms with Gasteiger partial charge in [-0.1, -0.05) is 30.3 Å². The summed E-state index contributed by atoms with van der Waals surface area (Å²) in [4.78, 5) is 25.4. The van der Waals surface area contributed by atoms with Crippen LogP contribution in [-0.4, -0.2) is 49.4 Å². The zero-order valence-electron chi connectivity index (χ0n) is 14.1. The lowest BCUT2D eigenvalue weighted by Gasteiger charge is -2.31. The maximum atomic E-state index is 12.2. The van der Waals surface area contributed by atoms with E-state index in [0.717, 1.165) is 5.56 Å². The second-order valence-corrected chi connectivity index (χ2v) is 5.47. The first kappa shape index (κ1) is 18.0. The van der Waals surface area contributed by atoms with Gasteiger partial charge in [0, 0.05) is 12.1 Å². The number of hydrogen-bond donors (Lipinski definition) is 0. The maximum absolute atomic E-state index is 12.2. The molecule has 1 fully saturated rings. The molecule has 0 saturated carbocycles. The number of morpholine rings is 1. The van der Waals surface area contributed by atoms with Crippen molar-refractivity contribution in [1.29, 1.82) is 0 Å². The molecule has 1 aliphatic rings. The van der Waals surface area contributed by atoms with Crippen LogP contribution in [-0.2, 0) is 25.6 Å². The number of amides is 1. The second-order valence-electron chi connectivity index (χ2n) is 5.47. The van der Waals surface area contributed by atoms with Gasteiger partial charge in [-0.2, -0.15) is 0 Å². The Morgan fingerprint density at radius 1 is 1.29 bits per heavy atom. The summed E-state index contributed by atoms with van der Waals surface area (Å²) in [6.45, 7) is 5.21. The molecule has 1 atom stereocenters. The number of carbonyl (C=O) groups excluding carboxylic acids is 2. The number of benzene rings is 1. The Bertz CT molecular complexity index is 584. The first-order chi connectivity index (χ1) is 11.6. The molecule has 0 spiro atoms. The Balaban J connectivity index is 1.86. The van der Waals surface area contributed by atoms with Crippen molar-refractivity contribution in [1.82, 2.24) is 4.90 Å². The first-order valence-electron chi connectivity index (χ1n) is 8.03. The van der Waals surface area contributed by atoms with Crippen molar-refractivity contribution in [3.8, 4) is 0 Å². The highest BCUT2D eigenvalue weighted by molar-refractivity contribution is 5.87. The summed E-state index contributed by atoms with van der Waals surface area (Å²) in [5.74, 6) is -0.370. The van der Waals surface area contributed by atoms with Gasteiger partial charge in [0.2, 0.25) is 0 Å². The summed E-state index contributed by atoms with van der Waals surface area (Å²) in [5, 5.41) is 0. The van der Waals surface area contributed by atoms with E-state index in [1.807, 2.05) is 30.3 Å². The van der Waals surface area contributed by atoms with E-state index < -0.39 is 0 Å². The van der Waals surface area contributed by atoms with Crippen LogP contribution in [0.4, 0.5) is 4.79 Å². The third kappa shape index (κ3) is 5.38. The molecule has 6 heteroatoms. The Labute approximate surface area is 142 Å². The zero-order valence-corrected chi connectivity index (χ0v) is 14.1. The Hall–Kier alpha value is -2.34. The predicted molar refractivity (Wildman–Crippen MR) is 88.3 cm³/mol. The van der Waals surface area contributed by atoms with Gasteiger partial charge in [-0.3, -0.25) is 0 Å². The number of hydrogen-bond acceptors (Lipinski definition) is 5. The SMILES string of the molecule is CCOC(=O)/C(C)=C/[C@@H]1CN(C(=O)OCc2ccccc2)CCO1. The standard InChI is InChI=1S/C18H23NO5/c1-3-22-17(20)14(2)11-16-12-19(9-10-23-16)18(21)24-13-15-7-5-4-6-8-15/h4-8,11,16H,3,9-10,12-13H2,1-2H3/b14-11+/t16-/m1/s1. The van der Waals surface area contributed by atoms with Crippen LogP contribution in [0.5, 0.6) is 0 Å². The van der Waals surface area contributed by atoms with Gasteiger partial charge in [0.25, 0.3) is 0 Å². The molecule has 24 heavy (non-hydrogen) atoms. The smallest absolute Gasteiger partial charge is 0.410 e. The molecule has 0 N–H and O–H groups in total. The van der Waals surface area contributed by atoms with E-state index in [4.69, 9.17) is 14.2 Å². The zero-order chi connectivity index (χ0) is 17.4. The Kier molecular flexibility index (Phi) is 6.81. The van der Waals surface area contributed by atoms with E-state index in [9.17, 15) is 9.59 Å². The van der Waals surface area contributed by atoms with Gasteiger partial charge in [-0.25, -0.2) is 9.59 Å². The third-order valence-corrected chi connectivity index (χ3v) is 3.59. The highest BCUT2D eigenvalue weighted by atomic mass is 16.6. The highest BCUT2D eigenvalue weighted by Crippen LogP contribution is 2.12. The van der Waals surface area contributed by atoms with Crippen molar-refractivity contribution in [2.45, 2.75) is 26.6 Å². The fourth-order valence-corrected chi connectivity index (χ4v) is 2.34. The van der Waals surface area contributed by atoms with Crippen molar-refractivity contribution in [3.63, 3.8) is 0 Å². The van der Waals surface area contributed by atoms with Crippen LogP contribution in [0.25, 0.3) is 0 Å². The third-order valence-electron chi connectivity index (χ3n) is 3.59. The van der Waals surface area contributed by atoms with Crippen molar-refractivity contribution in [2.75, 3.05) is 26.3 Å². The normalized spacial score (nSPS) is 18.2. The molecule has 1 aromatic carbocycles. The van der Waals surface area contributed by atoms with Crippen LogP contribution in [0.3, 0.4) is 0 Å². The van der Waals surface area contributed by atoms with E-state index in [1.165, 1.54) is 0 Å². The lowest BCUT2D eigenvalue weighted by Crippen LogP contribution is -2.45. The molecule has 0 radical (unpaired) electrons. The largest absolute Gasteiger partial charge is 0.463 e. The molecule has 6 nitrogen and oxygen atoms in total. The lowest BCUT2D eigenvalue weighted by molar-refractivity contribution is -0.138. The summed E-state index contributed by atoms with van der Waals surface area (Å²) in [7, 11) is 0. The van der Waals surface area contributed by atoms with Crippen LogP contribution >= 0.6 is 0 Å². The molecule has 130 valence electrons. The summed E-state index contributed by atoms with van der Waals surface area (Å²) in [5.41, 5.74) is 1.41. The molecule has 1 heterocycles. The van der Waals surface area contributed by atoms with E-state index in [-0.39, 0.29) is 24.8 Å². The molecule has 1 amide bonds. The number of nitrogens with zero attached hydrogens (tertiary/aromatic N) is 1. The number of esters is 1. The minimum Gasteiger partial charge on any atom is -0.463 e. The summed E-state index contributed by atoms with van der Waals surface area (Å²) >= 11 is 0. The average molecular weight is 333 g/mol. The Morgan fingerprint density at radius 3 is 2.75 bits per heavy atom. The van der Waals surface area contributed by atoms with E-state index in [2.05, 4.69) is 0 Å². The minimum atomic E-state index is -0.380. The van der Waals surface area contributed by atoms with Crippen molar-refractivity contribution < 1.29 is 23.8 Å². The summed E-state index contributed by atoms with van der Waals surface area (Å²) < 4.78 is 15.9. The van der Waals surface area contributed by atoms with Gasteiger partial charge in [0.15, 0.2) is 0 Å². The molecule has 0 aliphatic carbocycles. The van der Waals surface area contributed by atoms with E-state index >= 15 is 0 Å². The monoisotopic (exact) mass is 333 g/mol. The van der Waals surface area contributed by atoms with Gasteiger partial charge in [-0.15, -0.1) is 0 Å². The van der Waals surface area contributed by atoms with Gasteiger partial charge in [0.1, 0.15) is 6.61 Å². The number of carbonyl (C=O) groups is 2. The lowest BCUT2D eigenvalue weighted by atomic mass is 10.2. The van der Waals surface area contributed by atoms with E-state index in [0.29, 0.717) is 31.9 Å². The summed E-state index contributed by atoms with van der Waals surface area (Å²) in [6.07, 6.45) is 0.969. The quantitative estimate of drug-likeness (QED) is 0.612. The maximum Gasteiger partial charge on any atom is 0.410 e. The summed E-state index contributed by atoms with van der Waals surface area (Å²) in [6, 6.07) is 9.52. The molecule has 2 rings (SSSR count). The fraction of sp³-hybridized carbons (Fsp3) is 0.444. The molecule has 0 aromatic heterocycles. The molecular formula is C18H23NO5. The van der Waals surface area contributed by atoms with Crippen LogP contribution < -0.4 is 0 Å². The van der Waals surface area contributed by atoms with Crippen LogP contribution in [0.15, 0.2) is 42.0 Å². The van der Waals surface area contributed by atoms with Crippen LogP contribution in [0.1, 0.15) is 19.4 Å². The van der Waals surface area contributed by atoms with E-state index in [1.54, 1.807) is 24.8 Å². The van der Waals surface area contributed by atoms with Gasteiger partial charge >= 0.3 is 12.1 Å². The molecule has 0 bridgehead atoms. The predicted octanol–water partition coefficient (Wildman–Crippen LogP) is 2.53.